The molecule has 0 aliphatic heterocycles. The minimum absolute atomic E-state index is 0. The maximum Gasteiger partial charge on any atom is 0.170 e. The van der Waals surface area contributed by atoms with Crippen LogP contribution in [0.25, 0.3) is 0 Å². The van der Waals surface area contributed by atoms with Crippen molar-refractivity contribution in [2.75, 3.05) is 28.2 Å². The minimum atomic E-state index is -0.257. The zero-order chi connectivity index (χ0) is 22.8. The van der Waals surface area contributed by atoms with Gasteiger partial charge in [0.05, 0.1) is 0 Å². The molecule has 2 fully saturated rings. The predicted molar refractivity (Wildman–Crippen MR) is 113 cm³/mol. The Morgan fingerprint density at radius 3 is 1.13 bits per heavy atom. The van der Waals surface area contributed by atoms with Crippen molar-refractivity contribution in [1.82, 2.24) is 9.80 Å². The van der Waals surface area contributed by atoms with Crippen LogP contribution in [0, 0.1) is 0 Å². The monoisotopic (exact) mass is 476 g/mol. The number of allylic oxidation sites excluding steroid dienone is 4. The Morgan fingerprint density at radius 2 is 0.903 bits per heavy atom. The zero-order valence-electron chi connectivity index (χ0n) is 18.3. The van der Waals surface area contributed by atoms with Crippen molar-refractivity contribution in [2.45, 2.75) is 38.5 Å². The summed E-state index contributed by atoms with van der Waals surface area (Å²) < 4.78 is 0. The van der Waals surface area contributed by atoms with Crippen LogP contribution in [-0.2, 0) is 35.7 Å². The molecular formula is C22H30N2NiO6. The first kappa shape index (κ1) is 28.3. The largest absolute Gasteiger partial charge is 0.507 e. The van der Waals surface area contributed by atoms with Gasteiger partial charge in [0.15, 0.2) is 23.1 Å². The van der Waals surface area contributed by atoms with Gasteiger partial charge >= 0.3 is 0 Å². The van der Waals surface area contributed by atoms with Gasteiger partial charge in [0.25, 0.3) is 0 Å². The molecule has 31 heavy (non-hydrogen) atoms. The Morgan fingerprint density at radius 1 is 0.645 bits per heavy atom. The van der Waals surface area contributed by atoms with E-state index in [1.807, 2.05) is 0 Å². The summed E-state index contributed by atoms with van der Waals surface area (Å²) in [5.41, 5.74) is -0.0845. The van der Waals surface area contributed by atoms with E-state index in [4.69, 9.17) is 0 Å². The molecule has 2 aliphatic carbocycles. The zero-order valence-corrected chi connectivity index (χ0v) is 19.3. The molecule has 0 heterocycles. The summed E-state index contributed by atoms with van der Waals surface area (Å²) in [5, 5.41) is 19.2. The molecule has 0 aromatic rings. The van der Waals surface area contributed by atoms with Crippen LogP contribution < -0.4 is 0 Å². The minimum Gasteiger partial charge on any atom is -0.507 e. The number of carbonyl (C=O) groups excluding carboxylic acids is 4. The molecule has 0 atom stereocenters. The number of aliphatic hydroxyl groups is 2. The van der Waals surface area contributed by atoms with Crippen molar-refractivity contribution in [3.05, 3.63) is 47.2 Å². The van der Waals surface area contributed by atoms with Gasteiger partial charge in [-0.1, -0.05) is 0 Å². The molecule has 0 aromatic carbocycles. The summed E-state index contributed by atoms with van der Waals surface area (Å²) in [6.45, 7) is 0. The van der Waals surface area contributed by atoms with Gasteiger partial charge in [0.1, 0.15) is 22.7 Å². The van der Waals surface area contributed by atoms with E-state index in [9.17, 15) is 29.4 Å². The van der Waals surface area contributed by atoms with E-state index in [1.165, 1.54) is 12.2 Å². The van der Waals surface area contributed by atoms with Gasteiger partial charge in [-0.25, -0.2) is 0 Å². The van der Waals surface area contributed by atoms with Crippen molar-refractivity contribution < 1.29 is 45.9 Å². The van der Waals surface area contributed by atoms with Crippen molar-refractivity contribution in [3.8, 4) is 0 Å². The average Bonchev–Trinajstić information content (AvgIpc) is 2.65. The molecule has 0 spiro atoms. The SMILES string of the molecule is CN(C)/C=C/C(O)=C1C(=O)CCCC1=O.CN(C)/C=C/C(O)=C1C(=O)CCCC1=O.[Ni]. The Hall–Kier alpha value is -2.67. The summed E-state index contributed by atoms with van der Waals surface area (Å²) in [5.74, 6) is -1.48. The number of Topliss-reactive ketones (excluding diaryl/α,β-unsaturated/α-hetero) is 4. The van der Waals surface area contributed by atoms with Crippen molar-refractivity contribution >= 4 is 23.1 Å². The van der Waals surface area contributed by atoms with Crippen LogP contribution in [-0.4, -0.2) is 71.3 Å². The third-order valence-electron chi connectivity index (χ3n) is 4.30. The quantitative estimate of drug-likeness (QED) is 0.275. The fourth-order valence-corrected chi connectivity index (χ4v) is 2.81. The van der Waals surface area contributed by atoms with Crippen LogP contribution in [0.4, 0.5) is 0 Å². The van der Waals surface area contributed by atoms with E-state index in [-0.39, 0.29) is 62.3 Å². The number of rotatable bonds is 4. The molecule has 0 aromatic heterocycles. The number of carbonyl (C=O) groups is 4. The van der Waals surface area contributed by atoms with E-state index in [2.05, 4.69) is 0 Å². The van der Waals surface area contributed by atoms with E-state index < -0.39 is 0 Å². The van der Waals surface area contributed by atoms with Gasteiger partial charge in [-0.05, 0) is 25.0 Å². The maximum absolute atomic E-state index is 11.4. The summed E-state index contributed by atoms with van der Waals surface area (Å²) in [4.78, 5) is 49.1. The molecule has 2 aliphatic rings. The third kappa shape index (κ3) is 9.34. The first-order chi connectivity index (χ1) is 14.0. The van der Waals surface area contributed by atoms with Crippen LogP contribution in [0.15, 0.2) is 47.2 Å². The summed E-state index contributed by atoms with van der Waals surface area (Å²) in [7, 11) is 7.16. The van der Waals surface area contributed by atoms with Gasteiger partial charge in [-0.15, -0.1) is 0 Å². The van der Waals surface area contributed by atoms with Crippen LogP contribution >= 0.6 is 0 Å². The third-order valence-corrected chi connectivity index (χ3v) is 4.30. The first-order valence-corrected chi connectivity index (χ1v) is 9.73. The Labute approximate surface area is 192 Å². The fraction of sp³-hybridized carbons (Fsp3) is 0.455. The number of aliphatic hydroxyl groups excluding tert-OH is 2. The number of hydrogen-bond acceptors (Lipinski definition) is 8. The molecule has 2 saturated carbocycles. The Bertz CT molecular complexity index is 718. The number of ketones is 4. The van der Waals surface area contributed by atoms with Crippen LogP contribution in [0.5, 0.6) is 0 Å². The Balaban J connectivity index is 0.000000562. The molecule has 174 valence electrons. The molecule has 9 heteroatoms. The molecule has 0 saturated heterocycles. The standard InChI is InChI=1S/2C11H15NO3.Ni/c2*1-12(2)7-6-10(15)11-8(13)4-3-5-9(11)14;/h2*6-7,15H,3-5H2,1-2H3;/b2*7-6+;. The second-order valence-corrected chi connectivity index (χ2v) is 7.48. The number of hydrogen-bond donors (Lipinski definition) is 2. The topological polar surface area (TPSA) is 115 Å². The fourth-order valence-electron chi connectivity index (χ4n) is 2.81. The summed E-state index contributed by atoms with van der Waals surface area (Å²) in [6.07, 6.45) is 8.50. The van der Waals surface area contributed by atoms with Crippen molar-refractivity contribution in [2.24, 2.45) is 0 Å². The van der Waals surface area contributed by atoms with Gasteiger partial charge < -0.3 is 20.0 Å². The molecule has 0 bridgehead atoms. The summed E-state index contributed by atoms with van der Waals surface area (Å²) in [6, 6.07) is 0. The Kier molecular flexibility index (Phi) is 12.4. The van der Waals surface area contributed by atoms with E-state index in [0.29, 0.717) is 38.5 Å². The molecule has 0 unspecified atom stereocenters. The molecule has 0 amide bonds. The van der Waals surface area contributed by atoms with Gasteiger partial charge in [-0.2, -0.15) is 0 Å². The van der Waals surface area contributed by atoms with Crippen LogP contribution in [0.3, 0.4) is 0 Å². The van der Waals surface area contributed by atoms with Crippen LogP contribution in [0.1, 0.15) is 38.5 Å². The first-order valence-electron chi connectivity index (χ1n) is 9.73. The van der Waals surface area contributed by atoms with Gasteiger partial charge in [-0.3, -0.25) is 19.2 Å². The van der Waals surface area contributed by atoms with E-state index >= 15 is 0 Å². The molecule has 8 nitrogen and oxygen atoms in total. The van der Waals surface area contributed by atoms with E-state index in [0.717, 1.165) is 0 Å². The van der Waals surface area contributed by atoms with Crippen molar-refractivity contribution in [1.29, 1.82) is 0 Å². The maximum atomic E-state index is 11.4. The van der Waals surface area contributed by atoms with Crippen molar-refractivity contribution in [3.63, 3.8) is 0 Å². The van der Waals surface area contributed by atoms with Gasteiger partial charge in [0.2, 0.25) is 0 Å². The van der Waals surface area contributed by atoms with Crippen LogP contribution in [0.2, 0.25) is 0 Å². The number of nitrogens with zero attached hydrogens (tertiary/aromatic N) is 2. The smallest absolute Gasteiger partial charge is 0.170 e. The predicted octanol–water partition coefficient (Wildman–Crippen LogP) is 2.39. The second kappa shape index (κ2) is 13.6. The molecule has 2 rings (SSSR count). The second-order valence-electron chi connectivity index (χ2n) is 7.48. The molecule has 0 radical (unpaired) electrons. The van der Waals surface area contributed by atoms with Gasteiger partial charge in [0, 0.05) is 82.8 Å². The molecular weight excluding hydrogens is 447 g/mol. The summed E-state index contributed by atoms with van der Waals surface area (Å²) >= 11 is 0. The molecule has 2 N–H and O–H groups in total. The normalized spacial score (nSPS) is 16.8. The van der Waals surface area contributed by atoms with E-state index in [1.54, 1.807) is 50.4 Å². The average molecular weight is 477 g/mol.